The van der Waals surface area contributed by atoms with Crippen molar-refractivity contribution in [1.29, 1.82) is 0 Å². The smallest absolute Gasteiger partial charge is 0.178 e. The van der Waals surface area contributed by atoms with E-state index in [9.17, 15) is 0 Å². The number of nitrogens with zero attached hydrogens (tertiary/aromatic N) is 4. The van der Waals surface area contributed by atoms with Crippen LogP contribution in [0.1, 0.15) is 24.5 Å². The Morgan fingerprint density at radius 1 is 1.13 bits per heavy atom. The third kappa shape index (κ3) is 3.98. The number of fused-ring (bicyclic) bond motifs is 2. The summed E-state index contributed by atoms with van der Waals surface area (Å²) in [7, 11) is 0. The van der Waals surface area contributed by atoms with E-state index in [1.807, 2.05) is 0 Å². The molecule has 0 aliphatic carbocycles. The largest absolute Gasteiger partial charge is 0.365 e. The van der Waals surface area contributed by atoms with Crippen molar-refractivity contribution < 1.29 is 0 Å². The summed E-state index contributed by atoms with van der Waals surface area (Å²) in [5.74, 6) is 0.839. The zero-order valence-corrected chi connectivity index (χ0v) is 18.5. The lowest BCUT2D eigenvalue weighted by molar-refractivity contribution is 0.290. The van der Waals surface area contributed by atoms with Gasteiger partial charge in [0.25, 0.3) is 0 Å². The summed E-state index contributed by atoms with van der Waals surface area (Å²) in [5.41, 5.74) is 5.65. The Hall–Kier alpha value is -3.03. The number of hydrogen-bond donors (Lipinski definition) is 2. The molecule has 0 saturated heterocycles. The number of benzene rings is 2. The van der Waals surface area contributed by atoms with E-state index in [2.05, 4.69) is 85.2 Å². The molecule has 0 spiro atoms. The zero-order chi connectivity index (χ0) is 21.2. The molecule has 2 aromatic heterocycles. The van der Waals surface area contributed by atoms with Crippen LogP contribution in [0.25, 0.3) is 21.9 Å². The van der Waals surface area contributed by atoms with E-state index >= 15 is 0 Å². The van der Waals surface area contributed by atoms with Crippen LogP contribution in [0.5, 0.6) is 0 Å². The molecule has 0 amide bonds. The summed E-state index contributed by atoms with van der Waals surface area (Å²) in [6, 6.07) is 12.8. The Morgan fingerprint density at radius 2 is 2.00 bits per heavy atom. The maximum atomic E-state index is 5.47. The molecule has 3 heterocycles. The summed E-state index contributed by atoms with van der Waals surface area (Å²) in [4.78, 5) is 14.8. The molecule has 2 N–H and O–H groups in total. The summed E-state index contributed by atoms with van der Waals surface area (Å²) in [5, 5.41) is 4.55. The van der Waals surface area contributed by atoms with Crippen LogP contribution in [-0.4, -0.2) is 37.5 Å². The molecule has 1 aliphatic heterocycles. The fourth-order valence-electron chi connectivity index (χ4n) is 4.30. The van der Waals surface area contributed by atoms with Crippen LogP contribution in [0.3, 0.4) is 0 Å². The highest BCUT2D eigenvalue weighted by molar-refractivity contribution is 7.71. The number of nitrogens with one attached hydrogen (secondary N) is 2. The molecule has 0 unspecified atom stereocenters. The van der Waals surface area contributed by atoms with Crippen LogP contribution in [0, 0.1) is 4.77 Å². The number of H-pyrrole nitrogens is 1. The van der Waals surface area contributed by atoms with Gasteiger partial charge in [-0.2, -0.15) is 0 Å². The predicted molar refractivity (Wildman–Crippen MR) is 129 cm³/mol. The van der Waals surface area contributed by atoms with E-state index in [1.165, 1.54) is 11.1 Å². The van der Waals surface area contributed by atoms with Crippen molar-refractivity contribution in [2.75, 3.05) is 18.4 Å². The van der Waals surface area contributed by atoms with E-state index < -0.39 is 0 Å². The Balaban J connectivity index is 1.43. The van der Waals surface area contributed by atoms with Crippen molar-refractivity contribution in [3.8, 4) is 0 Å². The number of hydrogen-bond acceptors (Lipinski definition) is 5. The first-order valence-electron chi connectivity index (χ1n) is 10.8. The van der Waals surface area contributed by atoms with E-state index in [1.54, 1.807) is 6.33 Å². The molecule has 5 rings (SSSR count). The first-order valence-corrected chi connectivity index (χ1v) is 11.2. The molecule has 0 bridgehead atoms. The normalized spacial score (nSPS) is 14.5. The quantitative estimate of drug-likeness (QED) is 0.332. The summed E-state index contributed by atoms with van der Waals surface area (Å²) < 4.78 is 2.82. The van der Waals surface area contributed by atoms with Crippen LogP contribution >= 0.6 is 12.2 Å². The van der Waals surface area contributed by atoms with Gasteiger partial charge in [-0.05, 0) is 48.8 Å². The van der Waals surface area contributed by atoms with Crippen molar-refractivity contribution in [2.45, 2.75) is 33.0 Å². The standard InChI is InChI=1S/C24H26N6S/c1-2-30-22-13-20-19(12-21(22)28-24(30)31)23(27-16-26-20)25-14-17-8-4-5-9-18(17)15-29-10-6-3-7-11-29/h3-6,8-9,12-13,16H,2,7,10-11,14-15H2,1H3,(H,28,31)(H,25,26,27). The van der Waals surface area contributed by atoms with E-state index in [4.69, 9.17) is 12.2 Å². The van der Waals surface area contributed by atoms with Gasteiger partial charge in [0.2, 0.25) is 0 Å². The molecular weight excluding hydrogens is 404 g/mol. The zero-order valence-electron chi connectivity index (χ0n) is 17.6. The molecular formula is C24H26N6S. The SMILES string of the molecule is CCn1c(=S)[nH]c2cc3c(NCc4ccccc4CN4CC=CCC4)ncnc3cc21. The van der Waals surface area contributed by atoms with Gasteiger partial charge in [-0.1, -0.05) is 36.4 Å². The first-order chi connectivity index (χ1) is 15.2. The van der Waals surface area contributed by atoms with Crippen molar-refractivity contribution >= 4 is 40.0 Å². The van der Waals surface area contributed by atoms with E-state index in [0.29, 0.717) is 0 Å². The minimum Gasteiger partial charge on any atom is -0.365 e. The Kier molecular flexibility index (Phi) is 5.53. The van der Waals surface area contributed by atoms with Gasteiger partial charge in [-0.25, -0.2) is 9.97 Å². The average Bonchev–Trinajstić information content (AvgIpc) is 3.11. The molecule has 6 nitrogen and oxygen atoms in total. The summed E-state index contributed by atoms with van der Waals surface area (Å²) in [6.45, 7) is 6.74. The van der Waals surface area contributed by atoms with Gasteiger partial charge in [-0.15, -0.1) is 0 Å². The second kappa shape index (κ2) is 8.61. The maximum Gasteiger partial charge on any atom is 0.178 e. The lowest BCUT2D eigenvalue weighted by atomic mass is 10.1. The molecule has 7 heteroatoms. The van der Waals surface area contributed by atoms with Crippen LogP contribution in [0.2, 0.25) is 0 Å². The van der Waals surface area contributed by atoms with Gasteiger partial charge in [0.15, 0.2) is 4.77 Å². The number of aryl methyl sites for hydroxylation is 1. The fraction of sp³-hybridized carbons (Fsp3) is 0.292. The minimum absolute atomic E-state index is 0.718. The highest BCUT2D eigenvalue weighted by atomic mass is 32.1. The molecule has 0 saturated carbocycles. The molecule has 0 atom stereocenters. The van der Waals surface area contributed by atoms with E-state index in [0.717, 1.165) is 71.7 Å². The number of aromatic nitrogens is 4. The van der Waals surface area contributed by atoms with Gasteiger partial charge in [0, 0.05) is 38.1 Å². The number of aromatic amines is 1. The maximum absolute atomic E-state index is 5.47. The van der Waals surface area contributed by atoms with Crippen LogP contribution < -0.4 is 5.32 Å². The molecule has 2 aromatic carbocycles. The predicted octanol–water partition coefficient (Wildman–Crippen LogP) is 5.04. The number of rotatable bonds is 6. The number of anilines is 1. The Bertz CT molecular complexity index is 1320. The van der Waals surface area contributed by atoms with Crippen molar-refractivity contribution in [1.82, 2.24) is 24.4 Å². The van der Waals surface area contributed by atoms with Crippen molar-refractivity contribution in [3.63, 3.8) is 0 Å². The van der Waals surface area contributed by atoms with Crippen molar-refractivity contribution in [2.24, 2.45) is 0 Å². The van der Waals surface area contributed by atoms with Gasteiger partial charge < -0.3 is 14.9 Å². The van der Waals surface area contributed by atoms with Gasteiger partial charge >= 0.3 is 0 Å². The van der Waals surface area contributed by atoms with Crippen molar-refractivity contribution in [3.05, 3.63) is 70.8 Å². The highest BCUT2D eigenvalue weighted by Gasteiger charge is 2.12. The lowest BCUT2D eigenvalue weighted by Crippen LogP contribution is -2.27. The Labute approximate surface area is 186 Å². The average molecular weight is 431 g/mol. The fourth-order valence-corrected chi connectivity index (χ4v) is 4.64. The van der Waals surface area contributed by atoms with Crippen LogP contribution in [0.4, 0.5) is 5.82 Å². The summed E-state index contributed by atoms with van der Waals surface area (Å²) >= 11 is 5.47. The molecule has 1 aliphatic rings. The monoisotopic (exact) mass is 430 g/mol. The van der Waals surface area contributed by atoms with Gasteiger partial charge in [-0.3, -0.25) is 4.90 Å². The van der Waals surface area contributed by atoms with Gasteiger partial charge in [0.05, 0.1) is 16.6 Å². The molecule has 0 radical (unpaired) electrons. The van der Waals surface area contributed by atoms with Gasteiger partial charge in [0.1, 0.15) is 12.1 Å². The third-order valence-electron chi connectivity index (χ3n) is 5.95. The topological polar surface area (TPSA) is 61.8 Å². The summed E-state index contributed by atoms with van der Waals surface area (Å²) in [6.07, 6.45) is 7.28. The first kappa shape index (κ1) is 19.9. The molecule has 31 heavy (non-hydrogen) atoms. The Morgan fingerprint density at radius 3 is 2.81 bits per heavy atom. The molecule has 0 fully saturated rings. The lowest BCUT2D eigenvalue weighted by Gasteiger charge is -2.24. The second-order valence-electron chi connectivity index (χ2n) is 7.90. The van der Waals surface area contributed by atoms with Crippen LogP contribution in [-0.2, 0) is 19.6 Å². The third-order valence-corrected chi connectivity index (χ3v) is 6.27. The highest BCUT2D eigenvalue weighted by Crippen LogP contribution is 2.26. The van der Waals surface area contributed by atoms with E-state index in [-0.39, 0.29) is 0 Å². The molecule has 158 valence electrons. The minimum atomic E-state index is 0.718. The molecule has 4 aromatic rings. The van der Waals surface area contributed by atoms with Crippen LogP contribution in [0.15, 0.2) is 54.9 Å². The second-order valence-corrected chi connectivity index (χ2v) is 8.29. The number of imidazole rings is 1.